The molecule has 0 aliphatic heterocycles. The van der Waals surface area contributed by atoms with Crippen molar-refractivity contribution in [1.29, 1.82) is 0 Å². The number of aliphatic hydroxyl groups excluding tert-OH is 1. The molecule has 0 saturated carbocycles. The van der Waals surface area contributed by atoms with E-state index in [4.69, 9.17) is 13.8 Å². The maximum absolute atomic E-state index is 12.1. The maximum Gasteiger partial charge on any atom is 0.472 e. The molecule has 0 aromatic carbocycles. The number of phosphoric acid groups is 1. The molecule has 0 aromatic heterocycles. The largest absolute Gasteiger partial charge is 0.472 e. The monoisotopic (exact) mass is 735 g/mol. The molecule has 0 aromatic rings. The van der Waals surface area contributed by atoms with Crippen molar-refractivity contribution in [3.05, 3.63) is 72.9 Å². The fourth-order valence-electron chi connectivity index (χ4n) is 4.64. The molecule has 0 saturated heterocycles. The van der Waals surface area contributed by atoms with Crippen molar-refractivity contribution in [3.8, 4) is 0 Å². The van der Waals surface area contributed by atoms with Crippen LogP contribution in [0.1, 0.15) is 142 Å². The number of phosphoric ester groups is 1. The zero-order valence-electron chi connectivity index (χ0n) is 31.8. The first kappa shape index (κ1) is 48.5. The number of carbonyl (C=O) groups excluding carboxylic acids is 2. The Morgan fingerprint density at radius 3 is 1.71 bits per heavy atom. The van der Waals surface area contributed by atoms with Gasteiger partial charge in [-0.3, -0.25) is 18.6 Å². The second-order valence-electron chi connectivity index (χ2n) is 12.5. The minimum atomic E-state index is -4.43. The fourth-order valence-corrected chi connectivity index (χ4v) is 5.40. The summed E-state index contributed by atoms with van der Waals surface area (Å²) in [6.07, 6.45) is 44.1. The summed E-state index contributed by atoms with van der Waals surface area (Å²) < 4.78 is 26.7. The Bertz CT molecular complexity index is 1070. The molecular formula is C41H70NO8P. The van der Waals surface area contributed by atoms with E-state index in [0.29, 0.717) is 19.3 Å². The highest BCUT2D eigenvalue weighted by molar-refractivity contribution is 7.47. The van der Waals surface area contributed by atoms with Crippen LogP contribution in [0.3, 0.4) is 0 Å². The van der Waals surface area contributed by atoms with Gasteiger partial charge in [-0.1, -0.05) is 125 Å². The van der Waals surface area contributed by atoms with Crippen LogP contribution in [0.15, 0.2) is 72.9 Å². The highest BCUT2D eigenvalue weighted by atomic mass is 31.2. The van der Waals surface area contributed by atoms with E-state index in [1.807, 2.05) is 0 Å². The van der Waals surface area contributed by atoms with Gasteiger partial charge in [-0.2, -0.15) is 0 Å². The van der Waals surface area contributed by atoms with Gasteiger partial charge in [0.15, 0.2) is 0 Å². The molecule has 9 nitrogen and oxygen atoms in total. The summed E-state index contributed by atoms with van der Waals surface area (Å²) in [6, 6.07) is 0. The summed E-state index contributed by atoms with van der Waals surface area (Å²) in [6.45, 7) is 3.34. The number of carbonyl (C=O) groups is 2. The van der Waals surface area contributed by atoms with Crippen LogP contribution in [-0.4, -0.2) is 54.3 Å². The second kappa shape index (κ2) is 37.2. The minimum absolute atomic E-state index is 0.0469. The molecule has 2 atom stereocenters. The molecule has 51 heavy (non-hydrogen) atoms. The third-order valence-corrected chi connectivity index (χ3v) is 8.57. The van der Waals surface area contributed by atoms with E-state index in [1.54, 1.807) is 0 Å². The van der Waals surface area contributed by atoms with Crippen molar-refractivity contribution in [2.24, 2.45) is 0 Å². The number of amides is 1. The van der Waals surface area contributed by atoms with Crippen LogP contribution < -0.4 is 5.32 Å². The standard InChI is InChI=1S/C41H70NO8P/c1-3-5-7-9-11-13-15-17-18-19-20-22-23-25-27-29-31-33-40(44)42-35-36-49-51(46,47)50-38-39(43)37-48-41(45)34-32-30-28-26-24-21-16-14-12-10-8-6-4-2/h8,10-11,13-14,16-18,20,22,25,27,39,43H,3-7,9,12,15,19,21,23-24,26,28-38H2,1-2H3,(H,42,44)(H,46,47)/b10-8-,13-11-,16-14-,18-17-,22-20-,27-25-. The molecule has 0 heterocycles. The number of aliphatic hydroxyl groups is 1. The van der Waals surface area contributed by atoms with Gasteiger partial charge in [0.2, 0.25) is 5.91 Å². The number of ether oxygens (including phenoxy) is 1. The first-order valence-electron chi connectivity index (χ1n) is 19.4. The molecule has 0 aliphatic rings. The molecule has 0 aliphatic carbocycles. The Kier molecular flexibility index (Phi) is 35.4. The molecule has 292 valence electrons. The van der Waals surface area contributed by atoms with E-state index < -0.39 is 26.5 Å². The summed E-state index contributed by atoms with van der Waals surface area (Å²) in [4.78, 5) is 33.7. The third kappa shape index (κ3) is 38.5. The fraction of sp³-hybridized carbons (Fsp3) is 0.659. The Morgan fingerprint density at radius 1 is 0.608 bits per heavy atom. The van der Waals surface area contributed by atoms with Gasteiger partial charge in [0.1, 0.15) is 12.7 Å². The number of rotatable bonds is 35. The van der Waals surface area contributed by atoms with Gasteiger partial charge in [0.25, 0.3) is 0 Å². The lowest BCUT2D eigenvalue weighted by Crippen LogP contribution is -2.27. The molecule has 2 unspecified atom stereocenters. The number of unbranched alkanes of at least 4 members (excludes halogenated alkanes) is 10. The first-order valence-corrected chi connectivity index (χ1v) is 20.9. The summed E-state index contributed by atoms with van der Waals surface area (Å²) >= 11 is 0. The van der Waals surface area contributed by atoms with Crippen LogP contribution in [0, 0.1) is 0 Å². The van der Waals surface area contributed by atoms with E-state index in [1.165, 1.54) is 32.1 Å². The van der Waals surface area contributed by atoms with Crippen LogP contribution in [0.5, 0.6) is 0 Å². The zero-order valence-corrected chi connectivity index (χ0v) is 32.7. The van der Waals surface area contributed by atoms with Crippen LogP contribution in [0.2, 0.25) is 0 Å². The molecule has 0 fully saturated rings. The molecule has 1 amide bonds. The Morgan fingerprint density at radius 2 is 1.12 bits per heavy atom. The van der Waals surface area contributed by atoms with Crippen molar-refractivity contribution in [1.82, 2.24) is 5.32 Å². The highest BCUT2D eigenvalue weighted by Crippen LogP contribution is 2.42. The number of esters is 1. The smallest absolute Gasteiger partial charge is 0.463 e. The van der Waals surface area contributed by atoms with Gasteiger partial charge in [0.05, 0.1) is 13.2 Å². The number of hydrogen-bond donors (Lipinski definition) is 3. The summed E-state index contributed by atoms with van der Waals surface area (Å²) in [5.41, 5.74) is 0. The topological polar surface area (TPSA) is 131 Å². The van der Waals surface area contributed by atoms with Gasteiger partial charge >= 0.3 is 13.8 Å². The Balaban J connectivity index is 3.74. The average molecular weight is 736 g/mol. The normalized spacial score (nSPS) is 14.2. The Hall–Kier alpha value is -2.55. The van der Waals surface area contributed by atoms with Crippen LogP contribution in [0.25, 0.3) is 0 Å². The lowest BCUT2D eigenvalue weighted by molar-refractivity contribution is -0.147. The summed E-state index contributed by atoms with van der Waals surface area (Å²) in [5, 5.41) is 12.6. The van der Waals surface area contributed by atoms with Crippen LogP contribution in [-0.2, 0) is 27.9 Å². The minimum Gasteiger partial charge on any atom is -0.463 e. The van der Waals surface area contributed by atoms with E-state index in [9.17, 15) is 24.2 Å². The van der Waals surface area contributed by atoms with E-state index in [0.717, 1.165) is 70.6 Å². The number of nitrogens with one attached hydrogen (secondary N) is 1. The predicted octanol–water partition coefficient (Wildman–Crippen LogP) is 10.3. The first-order chi connectivity index (χ1) is 24.8. The molecule has 0 bridgehead atoms. The second-order valence-corrected chi connectivity index (χ2v) is 14.0. The van der Waals surface area contributed by atoms with Gasteiger partial charge in [-0.05, 0) is 77.0 Å². The van der Waals surface area contributed by atoms with Crippen molar-refractivity contribution in [2.75, 3.05) is 26.4 Å². The summed E-state index contributed by atoms with van der Waals surface area (Å²) in [5.74, 6) is -0.596. The van der Waals surface area contributed by atoms with Crippen LogP contribution >= 0.6 is 7.82 Å². The van der Waals surface area contributed by atoms with Gasteiger partial charge in [-0.15, -0.1) is 0 Å². The lowest BCUT2D eigenvalue weighted by Gasteiger charge is -2.15. The van der Waals surface area contributed by atoms with Gasteiger partial charge in [0, 0.05) is 19.4 Å². The quantitative estimate of drug-likeness (QED) is 0.0254. The number of allylic oxidation sites excluding steroid dienone is 12. The van der Waals surface area contributed by atoms with E-state index in [-0.39, 0.29) is 32.1 Å². The van der Waals surface area contributed by atoms with Crippen LogP contribution in [0.4, 0.5) is 0 Å². The van der Waals surface area contributed by atoms with Crippen molar-refractivity contribution in [3.63, 3.8) is 0 Å². The summed E-state index contributed by atoms with van der Waals surface area (Å²) in [7, 11) is -4.43. The third-order valence-electron chi connectivity index (χ3n) is 7.59. The van der Waals surface area contributed by atoms with Crippen molar-refractivity contribution >= 4 is 19.7 Å². The van der Waals surface area contributed by atoms with Gasteiger partial charge < -0.3 is 20.1 Å². The maximum atomic E-state index is 12.1. The van der Waals surface area contributed by atoms with E-state index >= 15 is 0 Å². The van der Waals surface area contributed by atoms with Crippen molar-refractivity contribution in [2.45, 2.75) is 148 Å². The number of hydrogen-bond acceptors (Lipinski definition) is 7. The van der Waals surface area contributed by atoms with Gasteiger partial charge in [-0.25, -0.2) is 4.57 Å². The molecule has 10 heteroatoms. The lowest BCUT2D eigenvalue weighted by atomic mass is 10.1. The SMILES string of the molecule is CCC/C=C\C/C=C\CCCCCCCC(=O)OCC(O)COP(=O)(O)OCCNC(=O)CCC/C=C\C/C=C\C/C=C\C/C=C\CCCCC. The van der Waals surface area contributed by atoms with Crippen molar-refractivity contribution < 1.29 is 37.9 Å². The average Bonchev–Trinajstić information content (AvgIpc) is 3.11. The highest BCUT2D eigenvalue weighted by Gasteiger charge is 2.23. The molecule has 0 spiro atoms. The predicted molar refractivity (Wildman–Crippen MR) is 210 cm³/mol. The molecular weight excluding hydrogens is 665 g/mol. The Labute approximate surface area is 310 Å². The zero-order chi connectivity index (χ0) is 37.5. The molecule has 3 N–H and O–H groups in total. The molecule has 0 radical (unpaired) electrons. The van der Waals surface area contributed by atoms with E-state index in [2.05, 4.69) is 92.1 Å². The molecule has 0 rings (SSSR count).